The SMILES string of the molecule is O=C([C@@H]1Cc2ccccc2S1)N1CCC(C(=O)O)(n2cccn2)CC1. The van der Waals surface area contributed by atoms with E-state index < -0.39 is 11.5 Å². The van der Waals surface area contributed by atoms with Crippen molar-refractivity contribution in [3.63, 3.8) is 0 Å². The number of likely N-dealkylation sites (tertiary alicyclic amines) is 1. The zero-order chi connectivity index (χ0) is 17.4. The number of carboxylic acid groups (broad SMARTS) is 1. The Balaban J connectivity index is 1.45. The van der Waals surface area contributed by atoms with Crippen molar-refractivity contribution >= 4 is 23.6 Å². The molecule has 2 aliphatic heterocycles. The quantitative estimate of drug-likeness (QED) is 0.909. The van der Waals surface area contributed by atoms with Crippen LogP contribution >= 0.6 is 11.8 Å². The number of nitrogens with zero attached hydrogens (tertiary/aromatic N) is 3. The van der Waals surface area contributed by atoms with Crippen LogP contribution in [-0.2, 0) is 21.5 Å². The third-order valence-corrected chi connectivity index (χ3v) is 6.47. The molecule has 2 aromatic rings. The Morgan fingerprint density at radius 3 is 2.60 bits per heavy atom. The Morgan fingerprint density at radius 1 is 1.20 bits per heavy atom. The number of benzene rings is 1. The van der Waals surface area contributed by atoms with Gasteiger partial charge in [-0.25, -0.2) is 4.79 Å². The van der Waals surface area contributed by atoms with Crippen molar-refractivity contribution in [3.05, 3.63) is 48.3 Å². The summed E-state index contributed by atoms with van der Waals surface area (Å²) in [6.07, 6.45) is 4.78. The van der Waals surface area contributed by atoms with Crippen molar-refractivity contribution < 1.29 is 14.7 Å². The number of rotatable bonds is 3. The Morgan fingerprint density at radius 2 is 1.96 bits per heavy atom. The summed E-state index contributed by atoms with van der Waals surface area (Å²) in [6.45, 7) is 0.886. The third kappa shape index (κ3) is 2.72. The summed E-state index contributed by atoms with van der Waals surface area (Å²) in [6, 6.07) is 9.84. The van der Waals surface area contributed by atoms with Crippen LogP contribution < -0.4 is 0 Å². The van der Waals surface area contributed by atoms with Crippen LogP contribution in [0.5, 0.6) is 0 Å². The number of fused-ring (bicyclic) bond motifs is 1. The summed E-state index contributed by atoms with van der Waals surface area (Å²) in [7, 11) is 0. The van der Waals surface area contributed by atoms with Gasteiger partial charge < -0.3 is 10.0 Å². The Labute approximate surface area is 149 Å². The highest BCUT2D eigenvalue weighted by atomic mass is 32.2. The maximum Gasteiger partial charge on any atom is 0.331 e. The van der Waals surface area contributed by atoms with Crippen molar-refractivity contribution in [1.29, 1.82) is 0 Å². The van der Waals surface area contributed by atoms with Crippen molar-refractivity contribution in [1.82, 2.24) is 14.7 Å². The van der Waals surface area contributed by atoms with Crippen molar-refractivity contribution in [2.45, 2.75) is 34.9 Å². The summed E-state index contributed by atoms with van der Waals surface area (Å²) >= 11 is 1.62. The predicted octanol–water partition coefficient (Wildman–Crippen LogP) is 2.00. The van der Waals surface area contributed by atoms with Gasteiger partial charge in [0.1, 0.15) is 0 Å². The number of amides is 1. The molecule has 6 nitrogen and oxygen atoms in total. The van der Waals surface area contributed by atoms with Crippen LogP contribution in [-0.4, -0.2) is 50.0 Å². The highest BCUT2D eigenvalue weighted by Gasteiger charge is 2.45. The van der Waals surface area contributed by atoms with Crippen LogP contribution in [0.3, 0.4) is 0 Å². The van der Waals surface area contributed by atoms with E-state index in [4.69, 9.17) is 0 Å². The zero-order valence-corrected chi connectivity index (χ0v) is 14.5. The summed E-state index contributed by atoms with van der Waals surface area (Å²) in [5, 5.41) is 13.8. The van der Waals surface area contributed by atoms with Crippen LogP contribution in [0.25, 0.3) is 0 Å². The van der Waals surface area contributed by atoms with E-state index in [-0.39, 0.29) is 11.2 Å². The average Bonchev–Trinajstić information content (AvgIpc) is 3.30. The van der Waals surface area contributed by atoms with Gasteiger partial charge in [-0.1, -0.05) is 18.2 Å². The van der Waals surface area contributed by atoms with Gasteiger partial charge in [0.15, 0.2) is 5.54 Å². The fourth-order valence-electron chi connectivity index (χ4n) is 3.68. The number of piperidine rings is 1. The molecule has 0 aliphatic carbocycles. The Bertz CT molecular complexity index is 773. The molecule has 1 fully saturated rings. The molecule has 1 atom stereocenters. The van der Waals surface area contributed by atoms with Gasteiger partial charge in [-0.15, -0.1) is 11.8 Å². The van der Waals surface area contributed by atoms with E-state index in [1.165, 1.54) is 15.1 Å². The van der Waals surface area contributed by atoms with Crippen LogP contribution in [0.4, 0.5) is 0 Å². The lowest BCUT2D eigenvalue weighted by molar-refractivity contribution is -0.153. The second kappa shape index (κ2) is 6.22. The molecule has 0 spiro atoms. The first kappa shape index (κ1) is 16.2. The van der Waals surface area contributed by atoms with Gasteiger partial charge in [0, 0.05) is 43.2 Å². The maximum absolute atomic E-state index is 12.9. The van der Waals surface area contributed by atoms with Gasteiger partial charge in [-0.2, -0.15) is 5.10 Å². The third-order valence-electron chi connectivity index (χ3n) is 5.17. The first-order valence-electron chi connectivity index (χ1n) is 8.37. The molecule has 7 heteroatoms. The predicted molar refractivity (Wildman–Crippen MR) is 93.4 cm³/mol. The Hall–Kier alpha value is -2.28. The lowest BCUT2D eigenvalue weighted by Gasteiger charge is -2.39. The van der Waals surface area contributed by atoms with Gasteiger partial charge in [0.2, 0.25) is 5.91 Å². The molecule has 1 saturated heterocycles. The minimum absolute atomic E-state index is 0.0977. The second-order valence-corrected chi connectivity index (χ2v) is 7.78. The van der Waals surface area contributed by atoms with E-state index in [0.29, 0.717) is 25.9 Å². The molecule has 0 unspecified atom stereocenters. The lowest BCUT2D eigenvalue weighted by atomic mass is 9.87. The zero-order valence-electron chi connectivity index (χ0n) is 13.7. The normalized spacial score (nSPS) is 21.8. The number of hydrogen-bond acceptors (Lipinski definition) is 4. The van der Waals surface area contributed by atoms with Gasteiger partial charge in [-0.05, 0) is 24.1 Å². The molecule has 1 aromatic heterocycles. The largest absolute Gasteiger partial charge is 0.479 e. The molecule has 1 aromatic carbocycles. The molecule has 25 heavy (non-hydrogen) atoms. The number of carbonyl (C=O) groups excluding carboxylic acids is 1. The molecule has 1 amide bonds. The molecule has 0 saturated carbocycles. The minimum Gasteiger partial charge on any atom is -0.479 e. The van der Waals surface area contributed by atoms with Crippen LogP contribution in [0, 0.1) is 0 Å². The number of carbonyl (C=O) groups is 2. The number of aliphatic carboxylic acids is 1. The molecule has 0 radical (unpaired) electrons. The molecule has 0 bridgehead atoms. The fraction of sp³-hybridized carbons (Fsp3) is 0.389. The number of aromatic nitrogens is 2. The molecule has 1 N–H and O–H groups in total. The van der Waals surface area contributed by atoms with Crippen LogP contribution in [0.15, 0.2) is 47.6 Å². The van der Waals surface area contributed by atoms with Crippen molar-refractivity contribution in [2.24, 2.45) is 0 Å². The van der Waals surface area contributed by atoms with E-state index >= 15 is 0 Å². The summed E-state index contributed by atoms with van der Waals surface area (Å²) in [5.74, 6) is -0.772. The van der Waals surface area contributed by atoms with Crippen molar-refractivity contribution in [3.8, 4) is 0 Å². The van der Waals surface area contributed by atoms with E-state index in [2.05, 4.69) is 17.2 Å². The van der Waals surface area contributed by atoms with Crippen LogP contribution in [0.1, 0.15) is 18.4 Å². The number of hydrogen-bond donors (Lipinski definition) is 1. The van der Waals surface area contributed by atoms with Gasteiger partial charge in [0.05, 0.1) is 5.25 Å². The average molecular weight is 357 g/mol. The number of carboxylic acids is 1. The molecule has 4 rings (SSSR count). The maximum atomic E-state index is 12.9. The number of thioether (sulfide) groups is 1. The lowest BCUT2D eigenvalue weighted by Crippen LogP contribution is -2.53. The molecule has 3 heterocycles. The van der Waals surface area contributed by atoms with Gasteiger partial charge >= 0.3 is 5.97 Å². The summed E-state index contributed by atoms with van der Waals surface area (Å²) in [5.41, 5.74) is 0.172. The second-order valence-electron chi connectivity index (χ2n) is 6.53. The van der Waals surface area contributed by atoms with E-state index in [1.807, 2.05) is 17.0 Å². The summed E-state index contributed by atoms with van der Waals surface area (Å²) < 4.78 is 1.53. The molecule has 2 aliphatic rings. The minimum atomic E-state index is -1.05. The van der Waals surface area contributed by atoms with Gasteiger partial charge in [-0.3, -0.25) is 9.48 Å². The monoisotopic (exact) mass is 357 g/mol. The standard InChI is InChI=1S/C18H19N3O3S/c22-16(15-12-13-4-1-2-5-14(13)25-15)20-10-6-18(7-11-20,17(23)24)21-9-3-8-19-21/h1-5,8-9,15H,6-7,10-12H2,(H,23,24)/t15-/m0/s1. The first-order chi connectivity index (χ1) is 12.1. The molecule has 130 valence electrons. The van der Waals surface area contributed by atoms with Crippen molar-refractivity contribution in [2.75, 3.05) is 13.1 Å². The van der Waals surface area contributed by atoms with Gasteiger partial charge in [0.25, 0.3) is 0 Å². The fourth-order valence-corrected chi connectivity index (χ4v) is 4.96. The smallest absolute Gasteiger partial charge is 0.331 e. The van der Waals surface area contributed by atoms with Crippen LogP contribution in [0.2, 0.25) is 0 Å². The molecular formula is C18H19N3O3S. The Kier molecular flexibility index (Phi) is 4.03. The van der Waals surface area contributed by atoms with E-state index in [1.54, 1.807) is 30.2 Å². The van der Waals surface area contributed by atoms with E-state index in [9.17, 15) is 14.7 Å². The van der Waals surface area contributed by atoms with E-state index in [0.717, 1.165) is 6.42 Å². The highest BCUT2D eigenvalue weighted by molar-refractivity contribution is 8.01. The topological polar surface area (TPSA) is 75.4 Å². The first-order valence-corrected chi connectivity index (χ1v) is 9.25. The molecular weight excluding hydrogens is 338 g/mol. The highest BCUT2D eigenvalue weighted by Crippen LogP contribution is 2.38. The summed E-state index contributed by atoms with van der Waals surface area (Å²) in [4.78, 5) is 27.7.